The van der Waals surface area contributed by atoms with E-state index in [0.717, 1.165) is 6.42 Å². The third kappa shape index (κ3) is 3.59. The number of urea groups is 1. The van der Waals surface area contributed by atoms with E-state index in [2.05, 4.69) is 26.6 Å². The normalized spacial score (nSPS) is 17.2. The minimum Gasteiger partial charge on any atom is -0.493 e. The van der Waals surface area contributed by atoms with E-state index in [1.54, 1.807) is 25.3 Å². The number of nitrogens with one attached hydrogen (secondary N) is 2. The Labute approximate surface area is 137 Å². The number of carbonyl (C=O) groups excluding carboxylic acids is 2. The summed E-state index contributed by atoms with van der Waals surface area (Å²) < 4.78 is 11.9. The van der Waals surface area contributed by atoms with E-state index in [1.807, 2.05) is 13.8 Å². The predicted octanol–water partition coefficient (Wildman–Crippen LogP) is 2.82. The Balaban J connectivity index is 2.35. The SMILES string of the molecule is CC[C@H](C)Oc1c(Br)cc(/C=C2/NC(=O)NC2=O)cc1OC. The van der Waals surface area contributed by atoms with Crippen molar-refractivity contribution in [3.05, 3.63) is 27.9 Å². The van der Waals surface area contributed by atoms with Gasteiger partial charge in [-0.3, -0.25) is 10.1 Å². The summed E-state index contributed by atoms with van der Waals surface area (Å²) in [5.41, 5.74) is 0.891. The van der Waals surface area contributed by atoms with E-state index < -0.39 is 11.9 Å². The summed E-state index contributed by atoms with van der Waals surface area (Å²) in [5, 5.41) is 4.59. The van der Waals surface area contributed by atoms with Gasteiger partial charge in [-0.05, 0) is 53.0 Å². The summed E-state index contributed by atoms with van der Waals surface area (Å²) in [6, 6.07) is 3.01. The van der Waals surface area contributed by atoms with E-state index in [-0.39, 0.29) is 11.8 Å². The van der Waals surface area contributed by atoms with Crippen molar-refractivity contribution in [1.29, 1.82) is 0 Å². The van der Waals surface area contributed by atoms with Crippen LogP contribution in [0.15, 0.2) is 22.3 Å². The first-order chi connectivity index (χ1) is 10.4. The fourth-order valence-electron chi connectivity index (χ4n) is 1.87. The molecule has 0 bridgehead atoms. The molecule has 22 heavy (non-hydrogen) atoms. The third-order valence-electron chi connectivity index (χ3n) is 3.18. The molecule has 1 aromatic rings. The molecule has 118 valence electrons. The molecule has 1 aromatic carbocycles. The first-order valence-electron chi connectivity index (χ1n) is 6.82. The minimum absolute atomic E-state index is 0.0503. The average Bonchev–Trinajstić information content (AvgIpc) is 2.79. The van der Waals surface area contributed by atoms with Crippen molar-refractivity contribution in [3.8, 4) is 11.5 Å². The number of ether oxygens (including phenoxy) is 2. The average molecular weight is 369 g/mol. The molecule has 1 fully saturated rings. The lowest BCUT2D eigenvalue weighted by Gasteiger charge is -2.17. The van der Waals surface area contributed by atoms with Crippen LogP contribution in [-0.2, 0) is 4.79 Å². The van der Waals surface area contributed by atoms with Gasteiger partial charge in [-0.25, -0.2) is 4.79 Å². The summed E-state index contributed by atoms with van der Waals surface area (Å²) in [6.07, 6.45) is 2.49. The molecule has 6 nitrogen and oxygen atoms in total. The number of hydrogen-bond acceptors (Lipinski definition) is 4. The molecule has 7 heteroatoms. The molecule has 3 amide bonds. The number of halogens is 1. The van der Waals surface area contributed by atoms with Crippen LogP contribution in [0.5, 0.6) is 11.5 Å². The molecular weight excluding hydrogens is 352 g/mol. The molecular formula is C15H17BrN2O4. The van der Waals surface area contributed by atoms with Crippen LogP contribution in [0.3, 0.4) is 0 Å². The van der Waals surface area contributed by atoms with Crippen LogP contribution in [0.1, 0.15) is 25.8 Å². The van der Waals surface area contributed by atoms with Gasteiger partial charge in [-0.15, -0.1) is 0 Å². The van der Waals surface area contributed by atoms with Crippen LogP contribution < -0.4 is 20.1 Å². The molecule has 0 saturated carbocycles. The standard InChI is InChI=1S/C15H17BrN2O4/c1-4-8(2)22-13-10(16)5-9(7-12(13)21-3)6-11-14(19)18-15(20)17-11/h5-8H,4H2,1-3H3,(H2,17,18,19,20)/b11-6+/t8-/m0/s1. The largest absolute Gasteiger partial charge is 0.493 e. The molecule has 0 radical (unpaired) electrons. The van der Waals surface area contributed by atoms with Crippen molar-refractivity contribution < 1.29 is 19.1 Å². The van der Waals surface area contributed by atoms with E-state index in [4.69, 9.17) is 9.47 Å². The second kappa shape index (κ2) is 6.83. The van der Waals surface area contributed by atoms with E-state index >= 15 is 0 Å². The third-order valence-corrected chi connectivity index (χ3v) is 3.77. The van der Waals surface area contributed by atoms with E-state index in [0.29, 0.717) is 21.5 Å². The van der Waals surface area contributed by atoms with Crippen LogP contribution in [0.25, 0.3) is 6.08 Å². The Morgan fingerprint density at radius 2 is 2.05 bits per heavy atom. The van der Waals surface area contributed by atoms with Gasteiger partial charge in [0.2, 0.25) is 0 Å². The lowest BCUT2D eigenvalue weighted by atomic mass is 10.1. The summed E-state index contributed by atoms with van der Waals surface area (Å²) in [5.74, 6) is 0.699. The van der Waals surface area contributed by atoms with Crippen molar-refractivity contribution in [1.82, 2.24) is 10.6 Å². The molecule has 0 aliphatic carbocycles. The number of methoxy groups -OCH3 is 1. The highest BCUT2D eigenvalue weighted by Crippen LogP contribution is 2.38. The van der Waals surface area contributed by atoms with Gasteiger partial charge in [0, 0.05) is 0 Å². The number of carbonyl (C=O) groups is 2. The summed E-state index contributed by atoms with van der Waals surface area (Å²) in [4.78, 5) is 22.7. The van der Waals surface area contributed by atoms with Crippen molar-refractivity contribution >= 4 is 33.9 Å². The first-order valence-corrected chi connectivity index (χ1v) is 7.62. The summed E-state index contributed by atoms with van der Waals surface area (Å²) in [7, 11) is 1.55. The zero-order valence-corrected chi connectivity index (χ0v) is 14.1. The number of hydrogen-bond donors (Lipinski definition) is 2. The van der Waals surface area contributed by atoms with Gasteiger partial charge in [0.25, 0.3) is 5.91 Å². The van der Waals surface area contributed by atoms with Gasteiger partial charge < -0.3 is 14.8 Å². The van der Waals surface area contributed by atoms with Gasteiger partial charge in [-0.2, -0.15) is 0 Å². The molecule has 1 aliphatic heterocycles. The maximum atomic E-state index is 11.5. The van der Waals surface area contributed by atoms with Crippen LogP contribution in [0, 0.1) is 0 Å². The fraction of sp³-hybridized carbons (Fsp3) is 0.333. The Bertz CT molecular complexity index is 643. The summed E-state index contributed by atoms with van der Waals surface area (Å²) in [6.45, 7) is 4.01. The molecule has 0 unspecified atom stereocenters. The molecule has 0 spiro atoms. The Morgan fingerprint density at radius 3 is 2.59 bits per heavy atom. The molecule has 1 aliphatic rings. The predicted molar refractivity (Wildman–Crippen MR) is 85.7 cm³/mol. The van der Waals surface area contributed by atoms with E-state index in [1.165, 1.54) is 0 Å². The van der Waals surface area contributed by atoms with E-state index in [9.17, 15) is 9.59 Å². The van der Waals surface area contributed by atoms with Gasteiger partial charge >= 0.3 is 6.03 Å². The fourth-order valence-corrected chi connectivity index (χ4v) is 2.42. The highest BCUT2D eigenvalue weighted by molar-refractivity contribution is 9.10. The zero-order chi connectivity index (χ0) is 16.3. The van der Waals surface area contributed by atoms with Crippen LogP contribution in [0.4, 0.5) is 4.79 Å². The Kier molecular flexibility index (Phi) is 5.07. The lowest BCUT2D eigenvalue weighted by Crippen LogP contribution is -2.22. The van der Waals surface area contributed by atoms with Crippen LogP contribution >= 0.6 is 15.9 Å². The molecule has 1 saturated heterocycles. The first kappa shape index (κ1) is 16.4. The Hall–Kier alpha value is -2.02. The number of imide groups is 1. The lowest BCUT2D eigenvalue weighted by molar-refractivity contribution is -0.115. The van der Waals surface area contributed by atoms with Gasteiger partial charge in [0.1, 0.15) is 5.70 Å². The van der Waals surface area contributed by atoms with Gasteiger partial charge in [-0.1, -0.05) is 6.92 Å². The molecule has 1 atom stereocenters. The van der Waals surface area contributed by atoms with Gasteiger partial charge in [0.15, 0.2) is 11.5 Å². The number of amides is 3. The van der Waals surface area contributed by atoms with Crippen LogP contribution in [0.2, 0.25) is 0 Å². The highest BCUT2D eigenvalue weighted by Gasteiger charge is 2.23. The van der Waals surface area contributed by atoms with Crippen molar-refractivity contribution in [2.24, 2.45) is 0 Å². The van der Waals surface area contributed by atoms with Crippen molar-refractivity contribution in [3.63, 3.8) is 0 Å². The maximum absolute atomic E-state index is 11.5. The molecule has 0 aromatic heterocycles. The second-order valence-corrected chi connectivity index (χ2v) is 5.69. The molecule has 2 rings (SSSR count). The number of rotatable bonds is 5. The minimum atomic E-state index is -0.529. The summed E-state index contributed by atoms with van der Waals surface area (Å²) >= 11 is 3.45. The monoisotopic (exact) mass is 368 g/mol. The molecule has 2 N–H and O–H groups in total. The smallest absolute Gasteiger partial charge is 0.326 e. The van der Waals surface area contributed by atoms with Crippen molar-refractivity contribution in [2.45, 2.75) is 26.4 Å². The van der Waals surface area contributed by atoms with Crippen LogP contribution in [-0.4, -0.2) is 25.2 Å². The quantitative estimate of drug-likeness (QED) is 0.618. The van der Waals surface area contributed by atoms with Crippen molar-refractivity contribution in [2.75, 3.05) is 7.11 Å². The zero-order valence-electron chi connectivity index (χ0n) is 12.5. The maximum Gasteiger partial charge on any atom is 0.326 e. The molecule has 1 heterocycles. The Morgan fingerprint density at radius 1 is 1.32 bits per heavy atom. The number of benzene rings is 1. The highest BCUT2D eigenvalue weighted by atomic mass is 79.9. The van der Waals surface area contributed by atoms with Gasteiger partial charge in [0.05, 0.1) is 17.7 Å². The second-order valence-electron chi connectivity index (χ2n) is 4.84. The topological polar surface area (TPSA) is 76.7 Å².